The molecule has 1 atom stereocenters. The molecule has 1 amide bonds. The van der Waals surface area contributed by atoms with Crippen LogP contribution in [0.2, 0.25) is 0 Å². The number of benzene rings is 2. The molecule has 0 bridgehead atoms. The first-order chi connectivity index (χ1) is 17.3. The number of hydrogen-bond acceptors (Lipinski definition) is 8. The van der Waals surface area contributed by atoms with Crippen molar-refractivity contribution in [3.8, 4) is 23.1 Å². The van der Waals surface area contributed by atoms with Crippen LogP contribution >= 0.6 is 0 Å². The molecule has 11 nitrogen and oxygen atoms in total. The van der Waals surface area contributed by atoms with Gasteiger partial charge in [-0.15, -0.1) is 0 Å². The summed E-state index contributed by atoms with van der Waals surface area (Å²) in [5, 5.41) is 26.9. The van der Waals surface area contributed by atoms with Gasteiger partial charge in [-0.05, 0) is 23.3 Å². The van der Waals surface area contributed by atoms with Crippen molar-refractivity contribution in [3.63, 3.8) is 0 Å². The maximum absolute atomic E-state index is 12.8. The summed E-state index contributed by atoms with van der Waals surface area (Å²) in [7, 11) is 2.77. The molecule has 3 aromatic rings. The average molecular weight is 495 g/mol. The monoisotopic (exact) mass is 494 g/mol. The summed E-state index contributed by atoms with van der Waals surface area (Å²) in [6, 6.07) is 11.4. The van der Waals surface area contributed by atoms with Gasteiger partial charge in [-0.3, -0.25) is 19.1 Å². The Bertz CT molecular complexity index is 1420. The lowest BCUT2D eigenvalue weighted by Gasteiger charge is -2.23. The molecule has 1 aliphatic heterocycles. The van der Waals surface area contributed by atoms with Crippen molar-refractivity contribution in [2.75, 3.05) is 14.2 Å². The lowest BCUT2D eigenvalue weighted by Crippen LogP contribution is -2.34. The number of ether oxygens (including phenoxy) is 2. The Morgan fingerprint density at radius 1 is 1.11 bits per heavy atom. The minimum absolute atomic E-state index is 0.0238. The van der Waals surface area contributed by atoms with Crippen molar-refractivity contribution in [1.82, 2.24) is 14.6 Å². The first-order valence-electron chi connectivity index (χ1n) is 11.2. The van der Waals surface area contributed by atoms with Crippen LogP contribution < -0.4 is 20.7 Å². The molecule has 36 heavy (non-hydrogen) atoms. The van der Waals surface area contributed by atoms with Crippen molar-refractivity contribution in [1.29, 1.82) is 0 Å². The minimum atomic E-state index is -0.814. The standard InChI is InChI=1S/C25H26N4O7/c1-4-20(30)29-17(15-10-18(35-2)22(31)19(11-15)36-3)12-16(27-29)21-23(32)26-25(34)28(24(21)33)13-14-8-6-5-7-9-14/h5-11,17,31,33H,4,12-13H2,1-3H3,(H,26,32,34). The maximum Gasteiger partial charge on any atom is 0.331 e. The van der Waals surface area contributed by atoms with Crippen LogP contribution in [-0.4, -0.2) is 50.6 Å². The van der Waals surface area contributed by atoms with E-state index < -0.39 is 23.2 Å². The van der Waals surface area contributed by atoms with E-state index in [9.17, 15) is 24.6 Å². The third kappa shape index (κ3) is 4.42. The first kappa shape index (κ1) is 24.6. The SMILES string of the molecule is CCC(=O)N1N=C(c2c(O)n(Cc3ccccc3)c(=O)[nH]c2=O)CC1c1cc(OC)c(O)c(OC)c1. The van der Waals surface area contributed by atoms with Crippen LogP contribution in [0.5, 0.6) is 23.1 Å². The molecule has 0 radical (unpaired) electrons. The fraction of sp³-hybridized carbons (Fsp3) is 0.280. The third-order valence-electron chi connectivity index (χ3n) is 6.00. The van der Waals surface area contributed by atoms with E-state index >= 15 is 0 Å². The van der Waals surface area contributed by atoms with E-state index in [0.29, 0.717) is 5.56 Å². The molecule has 188 valence electrons. The van der Waals surface area contributed by atoms with Crippen molar-refractivity contribution in [3.05, 3.63) is 80.0 Å². The number of aromatic hydroxyl groups is 2. The normalized spacial score (nSPS) is 15.0. The van der Waals surface area contributed by atoms with Crippen molar-refractivity contribution < 1.29 is 24.5 Å². The van der Waals surface area contributed by atoms with Crippen molar-refractivity contribution in [2.45, 2.75) is 32.4 Å². The van der Waals surface area contributed by atoms with E-state index in [2.05, 4.69) is 10.1 Å². The van der Waals surface area contributed by atoms with E-state index in [1.54, 1.807) is 43.3 Å². The Morgan fingerprint density at radius 2 is 1.75 bits per heavy atom. The molecule has 0 aliphatic carbocycles. The number of rotatable bonds is 7. The van der Waals surface area contributed by atoms with Crippen LogP contribution in [0.1, 0.15) is 42.5 Å². The van der Waals surface area contributed by atoms with Crippen molar-refractivity contribution >= 4 is 11.6 Å². The Labute approximate surface area is 205 Å². The lowest BCUT2D eigenvalue weighted by atomic mass is 9.98. The number of H-pyrrole nitrogens is 1. The van der Waals surface area contributed by atoms with Gasteiger partial charge in [-0.2, -0.15) is 5.10 Å². The van der Waals surface area contributed by atoms with Gasteiger partial charge in [0.25, 0.3) is 5.56 Å². The van der Waals surface area contributed by atoms with Gasteiger partial charge in [0.15, 0.2) is 11.5 Å². The van der Waals surface area contributed by atoms with Gasteiger partial charge in [0.2, 0.25) is 17.5 Å². The number of carbonyl (C=O) groups is 1. The summed E-state index contributed by atoms with van der Waals surface area (Å²) in [6.45, 7) is 1.70. The second-order valence-electron chi connectivity index (χ2n) is 8.16. The Hall–Kier alpha value is -4.54. The zero-order valence-corrected chi connectivity index (χ0v) is 20.0. The number of hydrogen-bond donors (Lipinski definition) is 3. The molecule has 0 saturated heterocycles. The molecule has 2 aromatic carbocycles. The minimum Gasteiger partial charge on any atom is -0.502 e. The largest absolute Gasteiger partial charge is 0.502 e. The molecule has 1 aliphatic rings. The number of aromatic nitrogens is 2. The van der Waals surface area contributed by atoms with Crippen LogP contribution in [0.25, 0.3) is 0 Å². The molecule has 11 heteroatoms. The average Bonchev–Trinajstić information content (AvgIpc) is 3.31. The number of phenols is 1. The fourth-order valence-electron chi connectivity index (χ4n) is 4.15. The van der Waals surface area contributed by atoms with Gasteiger partial charge < -0.3 is 19.7 Å². The highest BCUT2D eigenvalue weighted by Crippen LogP contribution is 2.42. The predicted molar refractivity (Wildman–Crippen MR) is 131 cm³/mol. The van der Waals surface area contributed by atoms with Crippen LogP contribution in [0.3, 0.4) is 0 Å². The number of carbonyl (C=O) groups excluding carboxylic acids is 1. The highest BCUT2D eigenvalue weighted by Gasteiger charge is 2.36. The van der Waals surface area contributed by atoms with Gasteiger partial charge in [-0.1, -0.05) is 37.3 Å². The van der Waals surface area contributed by atoms with Crippen LogP contribution in [-0.2, 0) is 11.3 Å². The van der Waals surface area contributed by atoms with Gasteiger partial charge in [-0.25, -0.2) is 9.80 Å². The molecule has 1 unspecified atom stereocenters. The fourth-order valence-corrected chi connectivity index (χ4v) is 4.15. The lowest BCUT2D eigenvalue weighted by molar-refractivity contribution is -0.132. The van der Waals surface area contributed by atoms with Gasteiger partial charge in [0.1, 0.15) is 5.56 Å². The second kappa shape index (κ2) is 9.98. The number of phenolic OH excluding ortho intramolecular Hbond substituents is 1. The van der Waals surface area contributed by atoms with Crippen LogP contribution in [0, 0.1) is 0 Å². The molecule has 0 spiro atoms. The molecular formula is C25H26N4O7. The van der Waals surface area contributed by atoms with E-state index in [1.165, 1.54) is 19.2 Å². The molecule has 0 saturated carbocycles. The Morgan fingerprint density at radius 3 is 2.33 bits per heavy atom. The smallest absolute Gasteiger partial charge is 0.331 e. The molecular weight excluding hydrogens is 468 g/mol. The zero-order valence-electron chi connectivity index (χ0n) is 20.0. The summed E-state index contributed by atoms with van der Waals surface area (Å²) in [4.78, 5) is 40.3. The third-order valence-corrected chi connectivity index (χ3v) is 6.00. The van der Waals surface area contributed by atoms with Gasteiger partial charge in [0, 0.05) is 12.8 Å². The molecule has 1 aromatic heterocycles. The molecule has 2 heterocycles. The highest BCUT2D eigenvalue weighted by molar-refractivity contribution is 6.04. The number of methoxy groups -OCH3 is 2. The molecule has 3 N–H and O–H groups in total. The van der Waals surface area contributed by atoms with E-state index in [4.69, 9.17) is 9.47 Å². The number of nitrogens with one attached hydrogen (secondary N) is 1. The van der Waals surface area contributed by atoms with E-state index in [1.807, 2.05) is 6.07 Å². The summed E-state index contributed by atoms with van der Waals surface area (Å²) in [6.07, 6.45) is 0.193. The number of amides is 1. The zero-order chi connectivity index (χ0) is 26.0. The topological polar surface area (TPSA) is 146 Å². The van der Waals surface area contributed by atoms with E-state index in [-0.39, 0.29) is 53.8 Å². The van der Waals surface area contributed by atoms with Crippen LogP contribution in [0.4, 0.5) is 0 Å². The quantitative estimate of drug-likeness (QED) is 0.456. The second-order valence-corrected chi connectivity index (χ2v) is 8.16. The van der Waals surface area contributed by atoms with Gasteiger partial charge in [0.05, 0.1) is 32.5 Å². The van der Waals surface area contributed by atoms with Gasteiger partial charge >= 0.3 is 5.69 Å². The summed E-state index contributed by atoms with van der Waals surface area (Å²) < 4.78 is 11.5. The maximum atomic E-state index is 12.8. The summed E-state index contributed by atoms with van der Waals surface area (Å²) in [5.74, 6) is -0.790. The number of nitrogens with zero attached hydrogens (tertiary/aromatic N) is 3. The Balaban J connectivity index is 1.80. The van der Waals surface area contributed by atoms with Crippen molar-refractivity contribution in [2.24, 2.45) is 5.10 Å². The summed E-state index contributed by atoms with van der Waals surface area (Å²) in [5.41, 5.74) is -0.366. The Kier molecular flexibility index (Phi) is 6.82. The first-order valence-corrected chi connectivity index (χ1v) is 11.2. The summed E-state index contributed by atoms with van der Waals surface area (Å²) >= 11 is 0. The van der Waals surface area contributed by atoms with E-state index in [0.717, 1.165) is 10.1 Å². The van der Waals surface area contributed by atoms with Crippen LogP contribution in [0.15, 0.2) is 57.2 Å². The molecule has 4 rings (SSSR count). The predicted octanol–water partition coefficient (Wildman–Crippen LogP) is 2.10. The highest BCUT2D eigenvalue weighted by atomic mass is 16.5. The number of aromatic amines is 1. The molecule has 0 fully saturated rings. The number of hydrazone groups is 1.